The zero-order valence-corrected chi connectivity index (χ0v) is 14.5. The van der Waals surface area contributed by atoms with E-state index in [1.807, 2.05) is 0 Å². The van der Waals surface area contributed by atoms with Crippen molar-refractivity contribution in [2.24, 2.45) is 0 Å². The summed E-state index contributed by atoms with van der Waals surface area (Å²) in [5, 5.41) is 5.55. The smallest absolute Gasteiger partial charge is 0.340 e. The van der Waals surface area contributed by atoms with Crippen molar-refractivity contribution in [2.75, 3.05) is 18.5 Å². The minimum absolute atomic E-state index is 0.133. The Kier molecular flexibility index (Phi) is 5.21. The first-order chi connectivity index (χ1) is 12.5. The highest BCUT2D eigenvalue weighted by molar-refractivity contribution is 6.00. The van der Waals surface area contributed by atoms with Gasteiger partial charge in [0.15, 0.2) is 0 Å². The fraction of sp³-hybridized carbons (Fsp3) is 0.300. The zero-order valence-electron chi connectivity index (χ0n) is 14.5. The van der Waals surface area contributed by atoms with Crippen molar-refractivity contribution in [3.63, 3.8) is 0 Å². The van der Waals surface area contributed by atoms with E-state index in [0.29, 0.717) is 17.8 Å². The number of para-hydroxylation sites is 1. The standard InChI is InChI=1S/C20H21FN2O3/c1-2-26-18(24)16-5-3-4-6-17(16)23-19(25)22-13-20(11-12-20)14-7-9-15(21)10-8-14/h3-10H,2,11-13H2,1H3,(H2,22,23,25). The lowest BCUT2D eigenvalue weighted by Crippen LogP contribution is -2.35. The first-order valence-corrected chi connectivity index (χ1v) is 8.61. The van der Waals surface area contributed by atoms with Gasteiger partial charge in [-0.3, -0.25) is 0 Å². The summed E-state index contributed by atoms with van der Waals surface area (Å²) in [4.78, 5) is 24.2. The molecule has 0 radical (unpaired) electrons. The van der Waals surface area contributed by atoms with Crippen LogP contribution in [-0.2, 0) is 10.2 Å². The van der Waals surface area contributed by atoms with Gasteiger partial charge in [-0.25, -0.2) is 14.0 Å². The lowest BCUT2D eigenvalue weighted by Gasteiger charge is -2.17. The molecule has 6 heteroatoms. The lowest BCUT2D eigenvalue weighted by molar-refractivity contribution is 0.0527. The summed E-state index contributed by atoms with van der Waals surface area (Å²) in [5.74, 6) is -0.751. The Bertz CT molecular complexity index is 801. The Morgan fingerprint density at radius 2 is 1.81 bits per heavy atom. The van der Waals surface area contributed by atoms with Crippen molar-refractivity contribution in [3.8, 4) is 0 Å². The second-order valence-electron chi connectivity index (χ2n) is 6.36. The third-order valence-electron chi connectivity index (χ3n) is 4.57. The molecule has 26 heavy (non-hydrogen) atoms. The summed E-state index contributed by atoms with van der Waals surface area (Å²) < 4.78 is 18.1. The molecule has 0 aliphatic heterocycles. The van der Waals surface area contributed by atoms with E-state index in [1.165, 1.54) is 12.1 Å². The highest BCUT2D eigenvalue weighted by Crippen LogP contribution is 2.47. The summed E-state index contributed by atoms with van der Waals surface area (Å²) in [5.41, 5.74) is 1.59. The molecule has 1 fully saturated rings. The Balaban J connectivity index is 1.62. The number of nitrogens with one attached hydrogen (secondary N) is 2. The van der Waals surface area contributed by atoms with Gasteiger partial charge in [0.05, 0.1) is 17.9 Å². The molecule has 5 nitrogen and oxygen atoms in total. The van der Waals surface area contributed by atoms with Gasteiger partial charge >= 0.3 is 12.0 Å². The van der Waals surface area contributed by atoms with Crippen LogP contribution in [0.1, 0.15) is 35.7 Å². The van der Waals surface area contributed by atoms with Crippen LogP contribution in [0.5, 0.6) is 0 Å². The maximum Gasteiger partial charge on any atom is 0.340 e. The predicted octanol–water partition coefficient (Wildman–Crippen LogP) is 3.86. The van der Waals surface area contributed by atoms with Gasteiger partial charge in [0.1, 0.15) is 5.82 Å². The number of urea groups is 1. The molecule has 0 aromatic heterocycles. The Morgan fingerprint density at radius 3 is 2.46 bits per heavy atom. The zero-order chi connectivity index (χ0) is 18.6. The molecule has 0 saturated heterocycles. The van der Waals surface area contributed by atoms with Crippen LogP contribution < -0.4 is 10.6 Å². The van der Waals surface area contributed by atoms with E-state index in [0.717, 1.165) is 18.4 Å². The van der Waals surface area contributed by atoms with Gasteiger partial charge in [-0.05, 0) is 49.6 Å². The molecular weight excluding hydrogens is 335 g/mol. The molecule has 0 spiro atoms. The van der Waals surface area contributed by atoms with E-state index in [-0.39, 0.29) is 17.8 Å². The van der Waals surface area contributed by atoms with Crippen LogP contribution in [0.15, 0.2) is 48.5 Å². The van der Waals surface area contributed by atoms with E-state index in [4.69, 9.17) is 4.74 Å². The number of amides is 2. The summed E-state index contributed by atoms with van der Waals surface area (Å²) in [6, 6.07) is 12.7. The number of esters is 1. The van der Waals surface area contributed by atoms with E-state index in [9.17, 15) is 14.0 Å². The van der Waals surface area contributed by atoms with Crippen molar-refractivity contribution in [1.82, 2.24) is 5.32 Å². The maximum atomic E-state index is 13.1. The van der Waals surface area contributed by atoms with Crippen LogP contribution in [0.25, 0.3) is 0 Å². The van der Waals surface area contributed by atoms with Crippen molar-refractivity contribution < 1.29 is 18.7 Å². The molecule has 2 aromatic carbocycles. The molecule has 2 N–H and O–H groups in total. The molecule has 0 unspecified atom stereocenters. The van der Waals surface area contributed by atoms with Crippen molar-refractivity contribution in [1.29, 1.82) is 0 Å². The van der Waals surface area contributed by atoms with Crippen LogP contribution in [0, 0.1) is 5.82 Å². The summed E-state index contributed by atoms with van der Waals surface area (Å²) in [6.07, 6.45) is 1.89. The maximum absolute atomic E-state index is 13.1. The third-order valence-corrected chi connectivity index (χ3v) is 4.57. The number of rotatable bonds is 6. The number of carbonyl (C=O) groups excluding carboxylic acids is 2. The average Bonchev–Trinajstić information content (AvgIpc) is 3.42. The average molecular weight is 356 g/mol. The molecule has 1 aliphatic carbocycles. The van der Waals surface area contributed by atoms with Gasteiger partial charge in [-0.1, -0.05) is 24.3 Å². The van der Waals surface area contributed by atoms with Crippen molar-refractivity contribution in [2.45, 2.75) is 25.2 Å². The summed E-state index contributed by atoms with van der Waals surface area (Å²) >= 11 is 0. The van der Waals surface area contributed by atoms with Gasteiger partial charge in [-0.15, -0.1) is 0 Å². The molecule has 3 rings (SSSR count). The number of benzene rings is 2. The van der Waals surface area contributed by atoms with E-state index < -0.39 is 12.0 Å². The Morgan fingerprint density at radius 1 is 1.12 bits per heavy atom. The van der Waals surface area contributed by atoms with Gasteiger partial charge in [0.25, 0.3) is 0 Å². The molecule has 2 amide bonds. The van der Waals surface area contributed by atoms with Gasteiger partial charge < -0.3 is 15.4 Å². The molecule has 2 aromatic rings. The van der Waals surface area contributed by atoms with Gasteiger partial charge in [0, 0.05) is 12.0 Å². The molecule has 0 atom stereocenters. The number of anilines is 1. The van der Waals surface area contributed by atoms with Crippen LogP contribution in [0.4, 0.5) is 14.9 Å². The number of ether oxygens (including phenoxy) is 1. The van der Waals surface area contributed by atoms with Crippen LogP contribution in [0.2, 0.25) is 0 Å². The van der Waals surface area contributed by atoms with Crippen LogP contribution in [0.3, 0.4) is 0 Å². The first-order valence-electron chi connectivity index (χ1n) is 8.61. The van der Waals surface area contributed by atoms with E-state index in [1.54, 1.807) is 43.3 Å². The third kappa shape index (κ3) is 4.02. The number of carbonyl (C=O) groups is 2. The number of hydrogen-bond acceptors (Lipinski definition) is 3. The molecule has 0 bridgehead atoms. The fourth-order valence-corrected chi connectivity index (χ4v) is 2.92. The quantitative estimate of drug-likeness (QED) is 0.773. The van der Waals surface area contributed by atoms with E-state index >= 15 is 0 Å². The first kappa shape index (κ1) is 17.9. The van der Waals surface area contributed by atoms with Gasteiger partial charge in [-0.2, -0.15) is 0 Å². The second-order valence-corrected chi connectivity index (χ2v) is 6.36. The number of hydrogen-bond donors (Lipinski definition) is 2. The van der Waals surface area contributed by atoms with Gasteiger partial charge in [0.2, 0.25) is 0 Å². The highest BCUT2D eigenvalue weighted by atomic mass is 19.1. The highest BCUT2D eigenvalue weighted by Gasteiger charge is 2.44. The topological polar surface area (TPSA) is 67.4 Å². The minimum Gasteiger partial charge on any atom is -0.462 e. The lowest BCUT2D eigenvalue weighted by atomic mass is 9.96. The molecule has 1 aliphatic rings. The van der Waals surface area contributed by atoms with Crippen molar-refractivity contribution in [3.05, 3.63) is 65.5 Å². The van der Waals surface area contributed by atoms with Crippen molar-refractivity contribution >= 4 is 17.7 Å². The molecule has 1 saturated carbocycles. The fourth-order valence-electron chi connectivity index (χ4n) is 2.92. The SMILES string of the molecule is CCOC(=O)c1ccccc1NC(=O)NCC1(c2ccc(F)cc2)CC1. The number of halogens is 1. The minimum atomic E-state index is -0.478. The monoisotopic (exact) mass is 356 g/mol. The Labute approximate surface area is 151 Å². The summed E-state index contributed by atoms with van der Waals surface area (Å²) in [7, 11) is 0. The second kappa shape index (κ2) is 7.56. The largest absolute Gasteiger partial charge is 0.462 e. The van der Waals surface area contributed by atoms with Crippen LogP contribution >= 0.6 is 0 Å². The van der Waals surface area contributed by atoms with Crippen LogP contribution in [-0.4, -0.2) is 25.2 Å². The van der Waals surface area contributed by atoms with E-state index in [2.05, 4.69) is 10.6 Å². The molecular formula is C20H21FN2O3. The molecule has 0 heterocycles. The molecule has 136 valence electrons. The predicted molar refractivity (Wildman–Crippen MR) is 96.7 cm³/mol. The Hall–Kier alpha value is -2.89. The summed E-state index contributed by atoms with van der Waals surface area (Å²) in [6.45, 7) is 2.44. The normalized spacial score (nSPS) is 14.4.